The smallest absolute Gasteiger partial charge is 0.339 e. The van der Waals surface area contributed by atoms with Crippen LogP contribution in [0.25, 0.3) is 11.3 Å². The number of piperazine rings is 1. The van der Waals surface area contributed by atoms with Gasteiger partial charge in [0.15, 0.2) is 11.5 Å². The fraction of sp³-hybridized carbons (Fsp3) is 0.464. The molecule has 3 amide bonds. The Morgan fingerprint density at radius 2 is 1.77 bits per heavy atom. The number of nitrogens with zero attached hydrogens (tertiary/aromatic N) is 6. The summed E-state index contributed by atoms with van der Waals surface area (Å²) in [5.41, 5.74) is -0.536. The van der Waals surface area contributed by atoms with Crippen molar-refractivity contribution in [2.75, 3.05) is 44.6 Å². The van der Waals surface area contributed by atoms with Crippen molar-refractivity contribution >= 4 is 47.4 Å². The maximum atomic E-state index is 13.7. The van der Waals surface area contributed by atoms with E-state index in [9.17, 15) is 27.6 Å². The van der Waals surface area contributed by atoms with E-state index < -0.39 is 17.8 Å². The fourth-order valence-corrected chi connectivity index (χ4v) is 5.82. The van der Waals surface area contributed by atoms with Gasteiger partial charge in [-0.1, -0.05) is 11.6 Å². The van der Waals surface area contributed by atoms with Gasteiger partial charge in [0, 0.05) is 51.7 Å². The van der Waals surface area contributed by atoms with Crippen LogP contribution in [0.3, 0.4) is 0 Å². The zero-order chi connectivity index (χ0) is 30.5. The number of anilines is 1. The highest BCUT2D eigenvalue weighted by molar-refractivity contribution is 6.34. The quantitative estimate of drug-likeness (QED) is 0.417. The molecule has 2 saturated heterocycles. The van der Waals surface area contributed by atoms with Gasteiger partial charge < -0.3 is 25.0 Å². The molecule has 1 aliphatic carbocycles. The molecule has 3 aliphatic rings. The Bertz CT molecular complexity index is 1570. The first-order chi connectivity index (χ1) is 20.5. The lowest BCUT2D eigenvalue weighted by atomic mass is 10.1. The lowest BCUT2D eigenvalue weighted by Gasteiger charge is -2.36. The third-order valence-corrected chi connectivity index (χ3v) is 8.45. The van der Waals surface area contributed by atoms with Crippen molar-refractivity contribution < 1.29 is 27.6 Å². The lowest BCUT2D eigenvalue weighted by Crippen LogP contribution is -2.52. The summed E-state index contributed by atoms with van der Waals surface area (Å²) in [7, 11) is 1.46. The van der Waals surface area contributed by atoms with E-state index in [-0.39, 0.29) is 69.5 Å². The maximum Gasteiger partial charge on any atom is 0.435 e. The lowest BCUT2D eigenvalue weighted by molar-refractivity contribution is -0.141. The topological polar surface area (TPSA) is 117 Å². The van der Waals surface area contributed by atoms with Gasteiger partial charge in [0.1, 0.15) is 0 Å². The molecule has 44 heavy (non-hydrogen) atoms. The Balaban J connectivity index is 0.00000384. The van der Waals surface area contributed by atoms with Gasteiger partial charge in [0.25, 0.3) is 11.8 Å². The van der Waals surface area contributed by atoms with E-state index in [0.717, 1.165) is 25.8 Å². The van der Waals surface area contributed by atoms with Crippen molar-refractivity contribution in [1.82, 2.24) is 34.4 Å². The third-order valence-electron chi connectivity index (χ3n) is 8.13. The molecule has 2 aliphatic heterocycles. The normalized spacial score (nSPS) is 18.7. The molecule has 6 rings (SSSR count). The number of alkyl halides is 3. The van der Waals surface area contributed by atoms with Gasteiger partial charge in [0.05, 0.1) is 40.0 Å². The van der Waals surface area contributed by atoms with Gasteiger partial charge in [-0.05, 0) is 44.0 Å². The molecule has 11 nitrogen and oxygen atoms in total. The van der Waals surface area contributed by atoms with Crippen molar-refractivity contribution in [2.45, 2.75) is 31.5 Å². The minimum absolute atomic E-state index is 0. The molecule has 2 aromatic heterocycles. The number of hydrogen-bond donors (Lipinski definition) is 2. The number of nitrogens with one attached hydrogen (secondary N) is 2. The van der Waals surface area contributed by atoms with Crippen molar-refractivity contribution in [1.29, 1.82) is 0 Å². The minimum Gasteiger partial charge on any atom is -0.339 e. The molecule has 3 fully saturated rings. The van der Waals surface area contributed by atoms with Gasteiger partial charge in [-0.25, -0.2) is 4.98 Å². The summed E-state index contributed by atoms with van der Waals surface area (Å²) in [4.78, 5) is 46.4. The monoisotopic (exact) mass is 654 g/mol. The highest BCUT2D eigenvalue weighted by Gasteiger charge is 2.40. The summed E-state index contributed by atoms with van der Waals surface area (Å²) < 4.78 is 43.8. The largest absolute Gasteiger partial charge is 0.435 e. The number of imidazole rings is 1. The van der Waals surface area contributed by atoms with Gasteiger partial charge in [-0.15, -0.1) is 12.4 Å². The molecule has 0 unspecified atom stereocenters. The van der Waals surface area contributed by atoms with Gasteiger partial charge in [-0.2, -0.15) is 18.3 Å². The molecule has 1 aromatic carbocycles. The zero-order valence-corrected chi connectivity index (χ0v) is 25.3. The molecule has 236 valence electrons. The molecule has 16 heteroatoms. The van der Waals surface area contributed by atoms with Crippen LogP contribution >= 0.6 is 24.0 Å². The molecule has 1 atom stereocenters. The molecule has 2 N–H and O–H groups in total. The Labute approximate surface area is 262 Å². The zero-order valence-electron chi connectivity index (χ0n) is 23.7. The first kappa shape index (κ1) is 31.8. The number of aromatic nitrogens is 4. The molecule has 3 aromatic rings. The van der Waals surface area contributed by atoms with E-state index in [1.807, 2.05) is 0 Å². The second-order valence-electron chi connectivity index (χ2n) is 11.1. The van der Waals surface area contributed by atoms with Crippen LogP contribution in [-0.2, 0) is 18.0 Å². The molecule has 0 bridgehead atoms. The van der Waals surface area contributed by atoms with E-state index in [1.165, 1.54) is 46.9 Å². The number of carbonyl (C=O) groups excluding carboxylic acids is 3. The first-order valence-electron chi connectivity index (χ1n) is 14.1. The number of benzene rings is 1. The number of hydrogen-bond acceptors (Lipinski definition) is 6. The Hall–Kier alpha value is -3.62. The molecule has 0 radical (unpaired) electrons. The molecule has 1 saturated carbocycles. The van der Waals surface area contributed by atoms with Crippen LogP contribution in [0, 0.1) is 5.92 Å². The Morgan fingerprint density at radius 3 is 2.39 bits per heavy atom. The second kappa shape index (κ2) is 12.4. The minimum atomic E-state index is -4.67. The summed E-state index contributed by atoms with van der Waals surface area (Å²) in [5.74, 6) is -0.951. The summed E-state index contributed by atoms with van der Waals surface area (Å²) in [6, 6.07) is 4.41. The Kier molecular flexibility index (Phi) is 8.96. The van der Waals surface area contributed by atoms with Crippen LogP contribution in [0.15, 0.2) is 30.6 Å². The van der Waals surface area contributed by atoms with E-state index >= 15 is 0 Å². The average Bonchev–Trinajstić information content (AvgIpc) is 3.33. The number of amides is 3. The highest BCUT2D eigenvalue weighted by Crippen LogP contribution is 2.41. The van der Waals surface area contributed by atoms with Crippen LogP contribution in [0.5, 0.6) is 0 Å². The standard InChI is InChI=1S/C28H30ClF3N8O3.ClH/c1-37-22(20-15-40(18-3-4-18)36-23(20)28(30,31)32)14-34-24(37)25(41)35-17-2-5-19(21(29)12-17)27(43)39-10-8-38(9-11-39)26(42)16-6-7-33-13-16;/h2,5,12,14-16,18,33H,3-4,6-11,13H2,1H3,(H,35,41);1H/t16-;/m0./s1. The van der Waals surface area contributed by atoms with Crippen molar-refractivity contribution in [3.63, 3.8) is 0 Å². The molecular formula is C28H31Cl2F3N8O3. The highest BCUT2D eigenvalue weighted by atomic mass is 35.5. The summed E-state index contributed by atoms with van der Waals surface area (Å²) >= 11 is 6.44. The predicted octanol–water partition coefficient (Wildman–Crippen LogP) is 3.86. The van der Waals surface area contributed by atoms with Crippen LogP contribution in [0.1, 0.15) is 52.0 Å². The van der Waals surface area contributed by atoms with Gasteiger partial charge in [-0.3, -0.25) is 19.1 Å². The predicted molar refractivity (Wildman–Crippen MR) is 158 cm³/mol. The molecular weight excluding hydrogens is 624 g/mol. The van der Waals surface area contributed by atoms with Gasteiger partial charge >= 0.3 is 6.18 Å². The van der Waals surface area contributed by atoms with Crippen LogP contribution in [-0.4, -0.2) is 86.1 Å². The van der Waals surface area contributed by atoms with Gasteiger partial charge in [0.2, 0.25) is 5.91 Å². The summed E-state index contributed by atoms with van der Waals surface area (Å²) in [6.07, 6.45) is 0.241. The molecule has 0 spiro atoms. The third kappa shape index (κ3) is 6.28. The van der Waals surface area contributed by atoms with Crippen LogP contribution < -0.4 is 10.6 Å². The fourth-order valence-electron chi connectivity index (χ4n) is 5.56. The van der Waals surface area contributed by atoms with E-state index in [4.69, 9.17) is 11.6 Å². The van der Waals surface area contributed by atoms with Crippen molar-refractivity contribution in [2.24, 2.45) is 13.0 Å². The van der Waals surface area contributed by atoms with Crippen LogP contribution in [0.4, 0.5) is 18.9 Å². The van der Waals surface area contributed by atoms with Crippen molar-refractivity contribution in [3.8, 4) is 11.3 Å². The number of rotatable bonds is 6. The summed E-state index contributed by atoms with van der Waals surface area (Å²) in [6.45, 7) is 3.19. The van der Waals surface area contributed by atoms with Crippen molar-refractivity contribution in [3.05, 3.63) is 52.7 Å². The SMILES string of the molecule is Cl.Cn1c(-c2cn(C3CC3)nc2C(F)(F)F)cnc1C(=O)Nc1ccc(C(=O)N2CCN(C(=O)[C@H]3CCNC3)CC2)c(Cl)c1. The second-order valence-corrected chi connectivity index (χ2v) is 11.5. The number of halogens is 5. The van der Waals surface area contributed by atoms with Crippen LogP contribution in [0.2, 0.25) is 5.02 Å². The van der Waals surface area contributed by atoms with E-state index in [1.54, 1.807) is 9.80 Å². The first-order valence-corrected chi connectivity index (χ1v) is 14.5. The molecule has 4 heterocycles. The average molecular weight is 656 g/mol. The maximum absolute atomic E-state index is 13.7. The Morgan fingerprint density at radius 1 is 1.07 bits per heavy atom. The van der Waals surface area contributed by atoms with E-state index in [2.05, 4.69) is 20.7 Å². The van der Waals surface area contributed by atoms with E-state index in [0.29, 0.717) is 32.7 Å². The summed E-state index contributed by atoms with van der Waals surface area (Å²) in [5, 5.41) is 9.73. The number of carbonyl (C=O) groups is 3.